The summed E-state index contributed by atoms with van der Waals surface area (Å²) in [5.41, 5.74) is -1.00. The van der Waals surface area contributed by atoms with Crippen LogP contribution in [0.25, 0.3) is 0 Å². The van der Waals surface area contributed by atoms with Gasteiger partial charge in [0.05, 0.1) is 17.5 Å². The first-order valence-electron chi connectivity index (χ1n) is 16.6. The van der Waals surface area contributed by atoms with Crippen molar-refractivity contribution in [3.63, 3.8) is 0 Å². The molecule has 1 aliphatic carbocycles. The predicted octanol–water partition coefficient (Wildman–Crippen LogP) is 3.50. The van der Waals surface area contributed by atoms with Crippen LogP contribution in [0.15, 0.2) is 18.2 Å². The van der Waals surface area contributed by atoms with E-state index in [1.54, 1.807) is 25.9 Å². The predicted molar refractivity (Wildman–Crippen MR) is 170 cm³/mol. The minimum absolute atomic E-state index is 0.0707. The van der Waals surface area contributed by atoms with Crippen molar-refractivity contribution in [2.45, 2.75) is 89.5 Å². The van der Waals surface area contributed by atoms with Gasteiger partial charge in [-0.05, 0) is 84.9 Å². The number of rotatable bonds is 7. The van der Waals surface area contributed by atoms with Crippen molar-refractivity contribution in [1.82, 2.24) is 10.2 Å². The van der Waals surface area contributed by atoms with Gasteiger partial charge in [0.2, 0.25) is 11.8 Å². The topological polar surface area (TPSA) is 127 Å². The number of piperidine rings is 1. The average Bonchev–Trinajstić information content (AvgIpc) is 3.80. The SMILES string of the molecule is COCCCN1C(=O)C(C)(C)Oc2ccc(N3C(=O)[C@@H]4C[C@H](C(=O)NC5(C)CCOCC5)CN(C4)C(=O)OC(C)(C)C4CC43)cc21. The van der Waals surface area contributed by atoms with Crippen LogP contribution in [0.3, 0.4) is 0 Å². The Kier molecular flexibility index (Phi) is 8.50. The van der Waals surface area contributed by atoms with Crippen molar-refractivity contribution in [2.75, 3.05) is 56.4 Å². The standard InChI is InChI=1S/C34H48N4O8/c1-32(2)24-18-25(24)38(23-8-9-27-26(17-23)37(12-7-13-43-6)30(41)33(3,4)45-27)29(40)22-16-21(19-36(20-22)31(42)46-32)28(39)35-34(5)10-14-44-15-11-34/h8-9,17,21-22,24-25H,7,10-16,18-20H2,1-6H3,(H,35,39)/t21-,22+,24?,25?/m0/s1. The summed E-state index contributed by atoms with van der Waals surface area (Å²) in [4.78, 5) is 60.4. The van der Waals surface area contributed by atoms with Crippen LogP contribution in [0.2, 0.25) is 0 Å². The number of nitrogens with zero attached hydrogens (tertiary/aromatic N) is 3. The fourth-order valence-electron chi connectivity index (χ4n) is 7.52. The Morgan fingerprint density at radius 1 is 1.02 bits per heavy atom. The van der Waals surface area contributed by atoms with Gasteiger partial charge < -0.3 is 39.0 Å². The first-order valence-corrected chi connectivity index (χ1v) is 16.6. The second-order valence-electron chi connectivity index (χ2n) is 14.9. The Labute approximate surface area is 271 Å². The number of cyclic esters (lactones) is 1. The molecule has 0 spiro atoms. The van der Waals surface area contributed by atoms with Crippen molar-refractivity contribution >= 4 is 35.2 Å². The molecule has 1 aromatic rings. The number of amides is 4. The second kappa shape index (κ2) is 12.0. The maximum atomic E-state index is 14.6. The van der Waals surface area contributed by atoms with Gasteiger partial charge in [0.1, 0.15) is 11.4 Å². The van der Waals surface area contributed by atoms with Crippen LogP contribution in [-0.2, 0) is 28.6 Å². The molecule has 4 fully saturated rings. The molecule has 4 aliphatic heterocycles. The Balaban J connectivity index is 1.33. The molecular formula is C34H48N4O8. The van der Waals surface area contributed by atoms with Gasteiger partial charge in [-0.25, -0.2) is 4.79 Å². The third kappa shape index (κ3) is 6.17. The lowest BCUT2D eigenvalue weighted by molar-refractivity contribution is -0.133. The number of methoxy groups -OCH3 is 1. The van der Waals surface area contributed by atoms with E-state index >= 15 is 0 Å². The molecule has 252 valence electrons. The van der Waals surface area contributed by atoms with E-state index in [1.807, 2.05) is 43.9 Å². The van der Waals surface area contributed by atoms with Crippen LogP contribution >= 0.6 is 0 Å². The third-order valence-corrected chi connectivity index (χ3v) is 10.4. The highest BCUT2D eigenvalue weighted by molar-refractivity contribution is 6.04. The van der Waals surface area contributed by atoms with Crippen LogP contribution in [0.4, 0.5) is 16.2 Å². The number of hydrogen-bond acceptors (Lipinski definition) is 8. The summed E-state index contributed by atoms with van der Waals surface area (Å²) in [6.07, 6.45) is 2.55. The maximum absolute atomic E-state index is 14.6. The summed E-state index contributed by atoms with van der Waals surface area (Å²) in [6, 6.07) is 5.36. The lowest BCUT2D eigenvalue weighted by Gasteiger charge is -2.43. The first-order chi connectivity index (χ1) is 21.7. The summed E-state index contributed by atoms with van der Waals surface area (Å²) in [5.74, 6) is -1.12. The van der Waals surface area contributed by atoms with Gasteiger partial charge in [0, 0.05) is 69.8 Å². The van der Waals surface area contributed by atoms with Crippen LogP contribution in [0, 0.1) is 17.8 Å². The quantitative estimate of drug-likeness (QED) is 0.449. The lowest BCUT2D eigenvalue weighted by atomic mass is 9.85. The molecule has 1 N–H and O–H groups in total. The zero-order chi connectivity index (χ0) is 33.0. The minimum atomic E-state index is -1.04. The smallest absolute Gasteiger partial charge is 0.410 e. The summed E-state index contributed by atoms with van der Waals surface area (Å²) in [6.45, 7) is 11.8. The van der Waals surface area contributed by atoms with Crippen molar-refractivity contribution < 1.29 is 38.1 Å². The van der Waals surface area contributed by atoms with Crippen molar-refractivity contribution in [2.24, 2.45) is 17.8 Å². The molecule has 12 heteroatoms. The van der Waals surface area contributed by atoms with E-state index in [4.69, 9.17) is 18.9 Å². The number of carbonyl (C=O) groups excluding carboxylic acids is 4. The number of fused-ring (bicyclic) bond motifs is 4. The van der Waals surface area contributed by atoms with Gasteiger partial charge >= 0.3 is 6.09 Å². The highest BCUT2D eigenvalue weighted by Crippen LogP contribution is 2.50. The summed E-state index contributed by atoms with van der Waals surface area (Å²) < 4.78 is 23.0. The molecule has 0 aromatic heterocycles. The largest absolute Gasteiger partial charge is 0.476 e. The van der Waals surface area contributed by atoms with Crippen molar-refractivity contribution in [3.8, 4) is 5.75 Å². The Bertz CT molecular complexity index is 1390. The molecule has 4 amide bonds. The van der Waals surface area contributed by atoms with Crippen LogP contribution in [0.5, 0.6) is 5.75 Å². The summed E-state index contributed by atoms with van der Waals surface area (Å²) in [5, 5.41) is 3.21. The second-order valence-corrected chi connectivity index (χ2v) is 14.9. The van der Waals surface area contributed by atoms with E-state index in [2.05, 4.69) is 5.32 Å². The normalized spacial score (nSPS) is 29.6. The van der Waals surface area contributed by atoms with Crippen LogP contribution < -0.4 is 19.9 Å². The Morgan fingerprint density at radius 2 is 1.76 bits per heavy atom. The van der Waals surface area contributed by atoms with E-state index in [0.29, 0.717) is 75.6 Å². The van der Waals surface area contributed by atoms with Crippen LogP contribution in [-0.4, -0.2) is 98.1 Å². The molecule has 3 saturated heterocycles. The van der Waals surface area contributed by atoms with E-state index in [-0.39, 0.29) is 42.8 Å². The molecule has 46 heavy (non-hydrogen) atoms. The van der Waals surface area contributed by atoms with Crippen molar-refractivity contribution in [1.29, 1.82) is 0 Å². The number of hydrogen-bond donors (Lipinski definition) is 1. The number of anilines is 2. The van der Waals surface area contributed by atoms with Crippen molar-refractivity contribution in [3.05, 3.63) is 18.2 Å². The Morgan fingerprint density at radius 3 is 2.48 bits per heavy atom. The average molecular weight is 641 g/mol. The lowest BCUT2D eigenvalue weighted by Crippen LogP contribution is -2.58. The number of ether oxygens (including phenoxy) is 4. The van der Waals surface area contributed by atoms with Crippen LogP contribution in [0.1, 0.15) is 66.7 Å². The fraction of sp³-hybridized carbons (Fsp3) is 0.706. The summed E-state index contributed by atoms with van der Waals surface area (Å²) >= 11 is 0. The molecule has 2 bridgehead atoms. The molecule has 2 unspecified atom stereocenters. The first kappa shape index (κ1) is 32.6. The van der Waals surface area contributed by atoms with Gasteiger partial charge in [0.15, 0.2) is 5.60 Å². The highest BCUT2D eigenvalue weighted by atomic mass is 16.6. The number of nitrogens with one attached hydrogen (secondary N) is 1. The number of benzene rings is 1. The molecule has 4 heterocycles. The molecule has 6 rings (SSSR count). The monoisotopic (exact) mass is 640 g/mol. The maximum Gasteiger partial charge on any atom is 0.410 e. The van der Waals surface area contributed by atoms with Gasteiger partial charge in [-0.1, -0.05) is 0 Å². The van der Waals surface area contributed by atoms with Gasteiger partial charge in [-0.3, -0.25) is 14.4 Å². The minimum Gasteiger partial charge on any atom is -0.476 e. The van der Waals surface area contributed by atoms with Gasteiger partial charge in [-0.15, -0.1) is 0 Å². The van der Waals surface area contributed by atoms with E-state index in [0.717, 1.165) is 0 Å². The summed E-state index contributed by atoms with van der Waals surface area (Å²) in [7, 11) is 1.63. The molecule has 5 aliphatic rings. The van der Waals surface area contributed by atoms with Gasteiger partial charge in [-0.2, -0.15) is 0 Å². The molecule has 12 nitrogen and oxygen atoms in total. The zero-order valence-corrected chi connectivity index (χ0v) is 27.9. The van der Waals surface area contributed by atoms with E-state index in [9.17, 15) is 19.2 Å². The molecule has 1 aromatic carbocycles. The zero-order valence-electron chi connectivity index (χ0n) is 27.9. The highest BCUT2D eigenvalue weighted by Gasteiger charge is 2.57. The molecule has 4 atom stereocenters. The molecule has 0 radical (unpaired) electrons. The molecule has 1 saturated carbocycles. The Hall–Kier alpha value is -3.38. The molecular weight excluding hydrogens is 592 g/mol. The third-order valence-electron chi connectivity index (χ3n) is 10.4. The fourth-order valence-corrected chi connectivity index (χ4v) is 7.52. The number of carbonyl (C=O) groups is 4. The van der Waals surface area contributed by atoms with Gasteiger partial charge in [0.25, 0.3) is 5.91 Å². The van der Waals surface area contributed by atoms with E-state index in [1.165, 1.54) is 4.90 Å². The van der Waals surface area contributed by atoms with E-state index < -0.39 is 34.7 Å².